The van der Waals surface area contributed by atoms with Crippen LogP contribution in [0.1, 0.15) is 96.6 Å². The molecule has 0 spiro atoms. The van der Waals surface area contributed by atoms with Gasteiger partial charge in [0.05, 0.1) is 6.04 Å². The van der Waals surface area contributed by atoms with Gasteiger partial charge in [-0.15, -0.1) is 0 Å². The van der Waals surface area contributed by atoms with Gasteiger partial charge in [0.2, 0.25) is 5.91 Å². The summed E-state index contributed by atoms with van der Waals surface area (Å²) in [6.07, 6.45) is 17.2. The molecule has 31 heavy (non-hydrogen) atoms. The van der Waals surface area contributed by atoms with Gasteiger partial charge in [0.1, 0.15) is 0 Å². The van der Waals surface area contributed by atoms with Crippen molar-refractivity contribution >= 4 is 5.91 Å². The minimum atomic E-state index is -0.166. The lowest BCUT2D eigenvalue weighted by atomic mass is 9.49. The lowest BCUT2D eigenvalue weighted by Crippen LogP contribution is -2.50. The van der Waals surface area contributed by atoms with E-state index in [0.717, 1.165) is 37.3 Å². The van der Waals surface area contributed by atoms with Gasteiger partial charge in [0.15, 0.2) is 0 Å². The highest BCUT2D eigenvalue weighted by molar-refractivity contribution is 5.81. The first kappa shape index (κ1) is 22.8. The van der Waals surface area contributed by atoms with E-state index < -0.39 is 0 Å². The largest absolute Gasteiger partial charge is 0.341 e. The monoisotopic (exact) mass is 425 g/mol. The Morgan fingerprint density at radius 3 is 2.26 bits per heavy atom. The summed E-state index contributed by atoms with van der Waals surface area (Å²) >= 11 is 0. The van der Waals surface area contributed by atoms with E-state index in [2.05, 4.69) is 29.0 Å². The molecule has 1 aromatic rings. The van der Waals surface area contributed by atoms with E-state index in [0.29, 0.717) is 5.41 Å². The molecule has 0 aliphatic heterocycles. The Hall–Kier alpha value is -1.42. The zero-order chi connectivity index (χ0) is 21.8. The Bertz CT molecular complexity index is 683. The quantitative estimate of drug-likeness (QED) is 0.459. The number of hydrogen-bond acceptors (Lipinski definition) is 3. The maximum absolute atomic E-state index is 13.5. The van der Waals surface area contributed by atoms with Crippen molar-refractivity contribution in [2.24, 2.45) is 23.2 Å². The molecule has 1 aromatic heterocycles. The lowest BCUT2D eigenvalue weighted by molar-refractivity contribution is -0.134. The Morgan fingerprint density at radius 1 is 1.06 bits per heavy atom. The third kappa shape index (κ3) is 5.50. The number of carbonyl (C=O) groups is 1. The van der Waals surface area contributed by atoms with E-state index in [1.165, 1.54) is 63.4 Å². The van der Waals surface area contributed by atoms with Gasteiger partial charge in [0.25, 0.3) is 0 Å². The number of nitrogens with zero attached hydrogens (tertiary/aromatic N) is 2. The van der Waals surface area contributed by atoms with Gasteiger partial charge in [0, 0.05) is 31.5 Å². The molecule has 4 saturated carbocycles. The number of unbranched alkanes of at least 4 members (excludes halogenated alkanes) is 2. The standard InChI is InChI=1S/C27H43N3O/c1-4-5-6-12-30(26(31)21(3)29-20(2)25-7-10-28-11-8-25)13-9-27-17-22-14-23(18-27)16-24(15-22)19-27/h7-8,10-11,20-24,29H,4-6,9,12-19H2,1-3H3. The first-order valence-corrected chi connectivity index (χ1v) is 12.9. The van der Waals surface area contributed by atoms with Crippen LogP contribution < -0.4 is 5.32 Å². The predicted octanol–water partition coefficient (Wildman–Crippen LogP) is 5.75. The molecule has 4 fully saturated rings. The van der Waals surface area contributed by atoms with Crippen LogP contribution in [0, 0.1) is 23.2 Å². The molecular formula is C27H43N3O. The number of nitrogens with one attached hydrogen (secondary N) is 1. The second-order valence-corrected chi connectivity index (χ2v) is 11.1. The predicted molar refractivity (Wildman–Crippen MR) is 127 cm³/mol. The average molecular weight is 426 g/mol. The molecule has 4 bridgehead atoms. The van der Waals surface area contributed by atoms with Gasteiger partial charge in [-0.05, 0) is 106 Å². The third-order valence-corrected chi connectivity index (χ3v) is 8.50. The maximum Gasteiger partial charge on any atom is 0.239 e. The van der Waals surface area contributed by atoms with Crippen molar-refractivity contribution in [3.63, 3.8) is 0 Å². The van der Waals surface area contributed by atoms with E-state index in [4.69, 9.17) is 0 Å². The first-order chi connectivity index (χ1) is 15.0. The second kappa shape index (κ2) is 10.0. The van der Waals surface area contributed by atoms with E-state index in [1.807, 2.05) is 31.5 Å². The Kier molecular flexibility index (Phi) is 7.36. The van der Waals surface area contributed by atoms with Gasteiger partial charge in [-0.25, -0.2) is 0 Å². The Morgan fingerprint density at radius 2 is 1.68 bits per heavy atom. The second-order valence-electron chi connectivity index (χ2n) is 11.1. The summed E-state index contributed by atoms with van der Waals surface area (Å²) in [5.74, 6) is 3.23. The molecule has 0 aromatic carbocycles. The molecule has 172 valence electrons. The summed E-state index contributed by atoms with van der Waals surface area (Å²) in [4.78, 5) is 19.8. The van der Waals surface area contributed by atoms with Crippen molar-refractivity contribution in [2.75, 3.05) is 13.1 Å². The van der Waals surface area contributed by atoms with Crippen LogP contribution in [0.4, 0.5) is 0 Å². The fourth-order valence-electron chi connectivity index (χ4n) is 7.32. The fraction of sp³-hybridized carbons (Fsp3) is 0.778. The molecule has 4 aliphatic carbocycles. The highest BCUT2D eigenvalue weighted by atomic mass is 16.2. The van der Waals surface area contributed by atoms with Crippen LogP contribution in [0.15, 0.2) is 24.5 Å². The van der Waals surface area contributed by atoms with Gasteiger partial charge < -0.3 is 4.90 Å². The van der Waals surface area contributed by atoms with Crippen LogP contribution in [-0.4, -0.2) is 34.9 Å². The topological polar surface area (TPSA) is 45.2 Å². The van der Waals surface area contributed by atoms with Crippen LogP contribution in [0.3, 0.4) is 0 Å². The summed E-state index contributed by atoms with van der Waals surface area (Å²) in [7, 11) is 0. The summed E-state index contributed by atoms with van der Waals surface area (Å²) < 4.78 is 0. The molecule has 4 aliphatic rings. The van der Waals surface area contributed by atoms with Gasteiger partial charge >= 0.3 is 0 Å². The molecule has 1 amide bonds. The van der Waals surface area contributed by atoms with Crippen molar-refractivity contribution in [1.29, 1.82) is 0 Å². The van der Waals surface area contributed by atoms with Crippen molar-refractivity contribution in [2.45, 2.75) is 97.1 Å². The molecular weight excluding hydrogens is 382 g/mol. The first-order valence-electron chi connectivity index (χ1n) is 12.9. The van der Waals surface area contributed by atoms with Gasteiger partial charge in [-0.3, -0.25) is 15.1 Å². The van der Waals surface area contributed by atoms with E-state index in [1.54, 1.807) is 0 Å². The third-order valence-electron chi connectivity index (χ3n) is 8.50. The molecule has 2 unspecified atom stereocenters. The van der Waals surface area contributed by atoms with E-state index in [-0.39, 0.29) is 18.0 Å². The fourth-order valence-corrected chi connectivity index (χ4v) is 7.32. The highest BCUT2D eigenvalue weighted by Crippen LogP contribution is 2.61. The van der Waals surface area contributed by atoms with Crippen molar-refractivity contribution in [3.8, 4) is 0 Å². The number of carbonyl (C=O) groups excluding carboxylic acids is 1. The van der Waals surface area contributed by atoms with Crippen molar-refractivity contribution in [3.05, 3.63) is 30.1 Å². The zero-order valence-corrected chi connectivity index (χ0v) is 20.0. The maximum atomic E-state index is 13.5. The van der Waals surface area contributed by atoms with Crippen molar-refractivity contribution in [1.82, 2.24) is 15.2 Å². The highest BCUT2D eigenvalue weighted by Gasteiger charge is 2.50. The SMILES string of the molecule is CCCCCN(CCC12CC3CC(CC(C3)C1)C2)C(=O)C(C)NC(C)c1ccncc1. The minimum Gasteiger partial charge on any atom is -0.341 e. The number of rotatable bonds is 11. The summed E-state index contributed by atoms with van der Waals surface area (Å²) in [6.45, 7) is 8.27. The number of aromatic nitrogens is 1. The van der Waals surface area contributed by atoms with E-state index in [9.17, 15) is 4.79 Å². The van der Waals surface area contributed by atoms with Crippen LogP contribution >= 0.6 is 0 Å². The lowest BCUT2D eigenvalue weighted by Gasteiger charge is -2.57. The number of amides is 1. The molecule has 0 radical (unpaired) electrons. The molecule has 5 rings (SSSR count). The Balaban J connectivity index is 1.36. The summed E-state index contributed by atoms with van der Waals surface area (Å²) in [5, 5.41) is 3.54. The molecule has 0 saturated heterocycles. The van der Waals surface area contributed by atoms with Crippen LogP contribution in [0.25, 0.3) is 0 Å². The van der Waals surface area contributed by atoms with Crippen LogP contribution in [-0.2, 0) is 4.79 Å². The van der Waals surface area contributed by atoms with Crippen molar-refractivity contribution < 1.29 is 4.79 Å². The normalized spacial score (nSPS) is 30.9. The molecule has 2 atom stereocenters. The number of pyridine rings is 1. The van der Waals surface area contributed by atoms with Gasteiger partial charge in [-0.2, -0.15) is 0 Å². The zero-order valence-electron chi connectivity index (χ0n) is 20.0. The Labute approximate surface area is 189 Å². The van der Waals surface area contributed by atoms with Crippen LogP contribution in [0.2, 0.25) is 0 Å². The molecule has 4 nitrogen and oxygen atoms in total. The average Bonchev–Trinajstić information content (AvgIpc) is 2.75. The van der Waals surface area contributed by atoms with Gasteiger partial charge in [-0.1, -0.05) is 19.8 Å². The van der Waals surface area contributed by atoms with Crippen LogP contribution in [0.5, 0.6) is 0 Å². The molecule has 1 heterocycles. The minimum absolute atomic E-state index is 0.141. The molecule has 1 N–H and O–H groups in total. The summed E-state index contributed by atoms with van der Waals surface area (Å²) in [6, 6.07) is 4.03. The molecule has 4 heteroatoms. The summed E-state index contributed by atoms with van der Waals surface area (Å²) in [5.41, 5.74) is 1.72. The smallest absolute Gasteiger partial charge is 0.239 e. The number of hydrogen-bond donors (Lipinski definition) is 1. The van der Waals surface area contributed by atoms with E-state index >= 15 is 0 Å².